The fraction of sp³-hybridized carbons (Fsp3) is 0.167. The molecule has 10 heteroatoms. The summed E-state index contributed by atoms with van der Waals surface area (Å²) in [5.74, 6) is -2.35. The number of nitrogens with zero attached hydrogens (tertiary/aromatic N) is 3. The van der Waals surface area contributed by atoms with E-state index in [1.54, 1.807) is 38.1 Å². The van der Waals surface area contributed by atoms with Crippen molar-refractivity contribution in [2.45, 2.75) is 13.8 Å². The van der Waals surface area contributed by atoms with Crippen molar-refractivity contribution in [1.29, 1.82) is 0 Å². The first-order chi connectivity index (χ1) is 16.4. The minimum absolute atomic E-state index is 0.00658. The molecule has 0 aliphatic heterocycles. The van der Waals surface area contributed by atoms with E-state index < -0.39 is 22.6 Å². The van der Waals surface area contributed by atoms with Crippen LogP contribution in [0.25, 0.3) is 16.3 Å². The summed E-state index contributed by atoms with van der Waals surface area (Å²) in [5.41, 5.74) is -0.497. The molecule has 0 spiro atoms. The van der Waals surface area contributed by atoms with Gasteiger partial charge in [-0.05, 0) is 26.0 Å². The number of carbonyl (C=O) groups is 3. The summed E-state index contributed by atoms with van der Waals surface area (Å²) in [6.45, 7) is 3.28. The molecular weight excluding hydrogens is 442 g/mol. The quantitative estimate of drug-likeness (QED) is 0.175. The molecule has 0 bridgehead atoms. The predicted octanol–water partition coefficient (Wildman–Crippen LogP) is 3.98. The van der Waals surface area contributed by atoms with Crippen LogP contribution in [0, 0.1) is 10.1 Å². The summed E-state index contributed by atoms with van der Waals surface area (Å²) in [6, 6.07) is 12.0. The average molecular weight is 461 g/mol. The highest BCUT2D eigenvalue weighted by Crippen LogP contribution is 2.32. The van der Waals surface area contributed by atoms with E-state index in [4.69, 9.17) is 9.47 Å². The number of fused-ring (bicyclic) bond motifs is 3. The first-order valence-electron chi connectivity index (χ1n) is 10.4. The third kappa shape index (κ3) is 3.75. The summed E-state index contributed by atoms with van der Waals surface area (Å²) in [6.07, 6.45) is 1.51. The fourth-order valence-electron chi connectivity index (χ4n) is 3.75. The highest BCUT2D eigenvalue weighted by Gasteiger charge is 2.35. The van der Waals surface area contributed by atoms with Crippen LogP contribution in [-0.2, 0) is 9.47 Å². The van der Waals surface area contributed by atoms with Crippen LogP contribution < -0.4 is 0 Å². The topological polar surface area (TPSA) is 130 Å². The summed E-state index contributed by atoms with van der Waals surface area (Å²) >= 11 is 0. The maximum Gasteiger partial charge on any atom is 0.341 e. The molecule has 0 saturated heterocycles. The van der Waals surface area contributed by atoms with Gasteiger partial charge in [0, 0.05) is 28.5 Å². The van der Waals surface area contributed by atoms with Gasteiger partial charge in [-0.1, -0.05) is 24.3 Å². The molecule has 0 atom stereocenters. The molecule has 2 heterocycles. The lowest BCUT2D eigenvalue weighted by molar-refractivity contribution is -0.384. The molecule has 0 unspecified atom stereocenters. The van der Waals surface area contributed by atoms with Crippen molar-refractivity contribution in [3.05, 3.63) is 87.2 Å². The van der Waals surface area contributed by atoms with Gasteiger partial charge in [0.1, 0.15) is 16.8 Å². The standard InChI is InChI=1S/C24H19N3O7/c1-3-33-23(29)18-19(24(30)34-4-2)21(22(28)14-9-11-16(12-10-14)27(31)32)26-20(18)17-8-6-5-7-15(17)13-25-26/h5-13H,3-4H2,1-2H3. The summed E-state index contributed by atoms with van der Waals surface area (Å²) in [7, 11) is 0. The molecule has 0 aliphatic carbocycles. The fourth-order valence-corrected chi connectivity index (χ4v) is 3.75. The summed E-state index contributed by atoms with van der Waals surface area (Å²) < 4.78 is 11.6. The minimum atomic E-state index is -0.884. The number of nitro groups is 1. The van der Waals surface area contributed by atoms with Gasteiger partial charge in [0.25, 0.3) is 5.69 Å². The molecule has 2 aromatic heterocycles. The van der Waals surface area contributed by atoms with Crippen molar-refractivity contribution >= 4 is 39.7 Å². The Labute approximate surface area is 192 Å². The third-order valence-corrected chi connectivity index (χ3v) is 5.19. The van der Waals surface area contributed by atoms with Gasteiger partial charge in [-0.15, -0.1) is 0 Å². The molecule has 34 heavy (non-hydrogen) atoms. The second kappa shape index (κ2) is 9.10. The number of ether oxygens (including phenoxy) is 2. The Kier molecular flexibility index (Phi) is 6.05. The predicted molar refractivity (Wildman–Crippen MR) is 121 cm³/mol. The van der Waals surface area contributed by atoms with Crippen LogP contribution in [-0.4, -0.2) is 45.5 Å². The van der Waals surface area contributed by atoms with Gasteiger partial charge in [0.2, 0.25) is 5.78 Å². The lowest BCUT2D eigenvalue weighted by Crippen LogP contribution is -2.17. The average Bonchev–Trinajstić information content (AvgIpc) is 3.20. The maximum absolute atomic E-state index is 13.6. The molecule has 2 aromatic carbocycles. The molecule has 0 amide bonds. The number of ketones is 1. The van der Waals surface area contributed by atoms with Gasteiger partial charge in [0.05, 0.1) is 29.9 Å². The van der Waals surface area contributed by atoms with E-state index in [9.17, 15) is 24.5 Å². The van der Waals surface area contributed by atoms with Crippen LogP contribution >= 0.6 is 0 Å². The second-order valence-corrected chi connectivity index (χ2v) is 7.16. The largest absolute Gasteiger partial charge is 0.462 e. The van der Waals surface area contributed by atoms with Gasteiger partial charge in [0.15, 0.2) is 0 Å². The molecule has 4 aromatic rings. The molecule has 0 radical (unpaired) electrons. The summed E-state index contributed by atoms with van der Waals surface area (Å²) in [4.78, 5) is 50.2. The van der Waals surface area contributed by atoms with Crippen molar-refractivity contribution in [1.82, 2.24) is 9.61 Å². The minimum Gasteiger partial charge on any atom is -0.462 e. The SMILES string of the molecule is CCOC(=O)c1c(C(=O)OCC)c2c3ccccc3cnn2c1C(=O)c1ccc([N+](=O)[O-])cc1. The number of rotatable bonds is 7. The molecule has 10 nitrogen and oxygen atoms in total. The Morgan fingerprint density at radius 1 is 0.941 bits per heavy atom. The second-order valence-electron chi connectivity index (χ2n) is 7.16. The highest BCUT2D eigenvalue weighted by molar-refractivity contribution is 6.22. The molecular formula is C24H19N3O7. The number of nitro benzene ring substituents is 1. The Morgan fingerprint density at radius 3 is 2.18 bits per heavy atom. The van der Waals surface area contributed by atoms with Gasteiger partial charge < -0.3 is 9.47 Å². The molecule has 0 saturated carbocycles. The number of aromatic nitrogens is 2. The maximum atomic E-state index is 13.6. The lowest BCUT2D eigenvalue weighted by atomic mass is 10.0. The third-order valence-electron chi connectivity index (χ3n) is 5.19. The normalized spacial score (nSPS) is 10.9. The van der Waals surface area contributed by atoms with Crippen LogP contribution in [0.4, 0.5) is 5.69 Å². The number of hydrogen-bond acceptors (Lipinski definition) is 8. The smallest absolute Gasteiger partial charge is 0.341 e. The number of non-ortho nitro benzene ring substituents is 1. The zero-order valence-corrected chi connectivity index (χ0v) is 18.3. The van der Waals surface area contributed by atoms with Crippen LogP contribution in [0.1, 0.15) is 50.6 Å². The van der Waals surface area contributed by atoms with E-state index in [0.717, 1.165) is 0 Å². The molecule has 172 valence electrons. The molecule has 0 fully saturated rings. The number of hydrogen-bond donors (Lipinski definition) is 0. The first kappa shape index (κ1) is 22.6. The first-order valence-corrected chi connectivity index (χ1v) is 10.4. The van der Waals surface area contributed by atoms with E-state index >= 15 is 0 Å². The van der Waals surface area contributed by atoms with Crippen molar-refractivity contribution in [3.63, 3.8) is 0 Å². The molecule has 0 N–H and O–H groups in total. The van der Waals surface area contributed by atoms with Gasteiger partial charge in [-0.3, -0.25) is 14.9 Å². The Bertz CT molecular complexity index is 1460. The van der Waals surface area contributed by atoms with E-state index in [-0.39, 0.29) is 46.8 Å². The monoisotopic (exact) mass is 461 g/mol. The van der Waals surface area contributed by atoms with Crippen LogP contribution in [0.15, 0.2) is 54.7 Å². The van der Waals surface area contributed by atoms with Gasteiger partial charge >= 0.3 is 11.9 Å². The van der Waals surface area contributed by atoms with Gasteiger partial charge in [-0.2, -0.15) is 5.10 Å². The van der Waals surface area contributed by atoms with Crippen molar-refractivity contribution < 1.29 is 28.8 Å². The highest BCUT2D eigenvalue weighted by atomic mass is 16.6. The van der Waals surface area contributed by atoms with Gasteiger partial charge in [-0.25, -0.2) is 14.1 Å². The van der Waals surface area contributed by atoms with Crippen molar-refractivity contribution in [2.75, 3.05) is 13.2 Å². The van der Waals surface area contributed by atoms with Crippen LogP contribution in [0.3, 0.4) is 0 Å². The zero-order valence-electron chi connectivity index (χ0n) is 18.3. The Balaban J connectivity index is 2.09. The van der Waals surface area contributed by atoms with Crippen LogP contribution in [0.5, 0.6) is 0 Å². The van der Waals surface area contributed by atoms with E-state index in [0.29, 0.717) is 10.8 Å². The number of carbonyl (C=O) groups excluding carboxylic acids is 3. The number of benzene rings is 2. The van der Waals surface area contributed by atoms with E-state index in [1.165, 1.54) is 35.0 Å². The summed E-state index contributed by atoms with van der Waals surface area (Å²) in [5, 5.41) is 16.6. The van der Waals surface area contributed by atoms with Crippen molar-refractivity contribution in [3.8, 4) is 0 Å². The molecule has 4 rings (SSSR count). The van der Waals surface area contributed by atoms with E-state index in [1.807, 2.05) is 0 Å². The van der Waals surface area contributed by atoms with Crippen molar-refractivity contribution in [2.24, 2.45) is 0 Å². The van der Waals surface area contributed by atoms with Crippen LogP contribution in [0.2, 0.25) is 0 Å². The lowest BCUT2D eigenvalue weighted by Gasteiger charge is -2.07. The zero-order chi connectivity index (χ0) is 24.4. The molecule has 0 aliphatic rings. The number of esters is 2. The Hall–Kier alpha value is -4.60. The Morgan fingerprint density at radius 2 is 1.56 bits per heavy atom. The van der Waals surface area contributed by atoms with E-state index in [2.05, 4.69) is 5.10 Å².